The number of piperidine rings is 1. The maximum atomic E-state index is 11.5. The Morgan fingerprint density at radius 2 is 1.84 bits per heavy atom. The molecule has 2 aromatic carbocycles. The van der Waals surface area contributed by atoms with Crippen LogP contribution >= 0.6 is 11.6 Å². The number of fused-ring (bicyclic) bond motifs is 2. The SMILES string of the molecule is CN1CCC2(CC1)CN(c1ccccc1[N+](=O)[O-])c1cc(Cl)ccc12. The molecule has 0 unspecified atom stereocenters. The normalized spacial score (nSPS) is 19.2. The summed E-state index contributed by atoms with van der Waals surface area (Å²) in [5.74, 6) is 0. The van der Waals surface area contributed by atoms with Crippen molar-refractivity contribution in [1.82, 2.24) is 4.90 Å². The number of nitro groups is 1. The van der Waals surface area contributed by atoms with Crippen LogP contribution < -0.4 is 4.90 Å². The third kappa shape index (κ3) is 2.68. The lowest BCUT2D eigenvalue weighted by atomic mass is 9.74. The van der Waals surface area contributed by atoms with E-state index in [9.17, 15) is 10.1 Å². The van der Waals surface area contributed by atoms with Crippen molar-refractivity contribution in [2.75, 3.05) is 31.6 Å². The van der Waals surface area contributed by atoms with Crippen molar-refractivity contribution in [2.45, 2.75) is 18.3 Å². The van der Waals surface area contributed by atoms with Crippen molar-refractivity contribution in [3.05, 3.63) is 63.2 Å². The number of para-hydroxylation sites is 2. The van der Waals surface area contributed by atoms with Gasteiger partial charge in [-0.15, -0.1) is 0 Å². The van der Waals surface area contributed by atoms with E-state index < -0.39 is 0 Å². The van der Waals surface area contributed by atoms with Crippen LogP contribution in [-0.4, -0.2) is 36.5 Å². The summed E-state index contributed by atoms with van der Waals surface area (Å²) in [6.45, 7) is 2.83. The molecule has 0 amide bonds. The summed E-state index contributed by atoms with van der Waals surface area (Å²) in [7, 11) is 2.14. The standard InChI is InChI=1S/C19H20ClN3O2/c1-21-10-8-19(9-11-21)13-22(18-12-14(20)6-7-15(18)19)16-4-2-3-5-17(16)23(24)25/h2-7,12H,8-11,13H2,1H3. The average molecular weight is 358 g/mol. The summed E-state index contributed by atoms with van der Waals surface area (Å²) in [6.07, 6.45) is 2.10. The molecule has 2 aromatic rings. The van der Waals surface area contributed by atoms with Crippen LogP contribution in [0.3, 0.4) is 0 Å². The fraction of sp³-hybridized carbons (Fsp3) is 0.368. The van der Waals surface area contributed by atoms with Gasteiger partial charge in [0.1, 0.15) is 5.69 Å². The van der Waals surface area contributed by atoms with E-state index in [2.05, 4.69) is 22.9 Å². The number of hydrogen-bond acceptors (Lipinski definition) is 4. The Morgan fingerprint density at radius 1 is 1.12 bits per heavy atom. The molecular weight excluding hydrogens is 338 g/mol. The minimum absolute atomic E-state index is 0.0378. The van der Waals surface area contributed by atoms with Crippen LogP contribution in [0.25, 0.3) is 0 Å². The Kier molecular flexibility index (Phi) is 3.93. The largest absolute Gasteiger partial charge is 0.335 e. The quantitative estimate of drug-likeness (QED) is 0.591. The second kappa shape index (κ2) is 6.00. The molecule has 2 heterocycles. The van der Waals surface area contributed by atoms with Crippen LogP contribution in [0.5, 0.6) is 0 Å². The minimum atomic E-state index is -0.306. The maximum Gasteiger partial charge on any atom is 0.292 e. The predicted octanol–water partition coefficient (Wildman–Crippen LogP) is 4.36. The smallest absolute Gasteiger partial charge is 0.292 e. The molecule has 1 spiro atoms. The van der Waals surface area contributed by atoms with Gasteiger partial charge in [-0.3, -0.25) is 10.1 Å². The topological polar surface area (TPSA) is 49.6 Å². The summed E-state index contributed by atoms with van der Waals surface area (Å²) >= 11 is 6.26. The number of rotatable bonds is 2. The second-order valence-corrected chi connectivity index (χ2v) is 7.51. The van der Waals surface area contributed by atoms with Gasteiger partial charge in [0.15, 0.2) is 0 Å². The number of nitro benzene ring substituents is 1. The fourth-order valence-corrected chi connectivity index (χ4v) is 4.35. The molecule has 0 atom stereocenters. The van der Waals surface area contributed by atoms with Gasteiger partial charge in [0.2, 0.25) is 0 Å². The predicted molar refractivity (Wildman–Crippen MR) is 100.0 cm³/mol. The van der Waals surface area contributed by atoms with E-state index in [0.29, 0.717) is 10.7 Å². The highest BCUT2D eigenvalue weighted by Crippen LogP contribution is 2.51. The summed E-state index contributed by atoms with van der Waals surface area (Å²) < 4.78 is 0. The maximum absolute atomic E-state index is 11.5. The molecule has 6 heteroatoms. The zero-order chi connectivity index (χ0) is 17.6. The van der Waals surface area contributed by atoms with E-state index in [1.165, 1.54) is 5.56 Å². The molecule has 5 nitrogen and oxygen atoms in total. The Hall–Kier alpha value is -2.11. The molecule has 25 heavy (non-hydrogen) atoms. The highest BCUT2D eigenvalue weighted by atomic mass is 35.5. The molecule has 2 aliphatic heterocycles. The molecular formula is C19H20ClN3O2. The van der Waals surface area contributed by atoms with Crippen LogP contribution in [0.15, 0.2) is 42.5 Å². The van der Waals surface area contributed by atoms with E-state index in [-0.39, 0.29) is 16.0 Å². The molecule has 1 fully saturated rings. The number of anilines is 2. The van der Waals surface area contributed by atoms with E-state index in [0.717, 1.165) is 38.2 Å². The van der Waals surface area contributed by atoms with Crippen molar-refractivity contribution < 1.29 is 4.92 Å². The summed E-state index contributed by atoms with van der Waals surface area (Å²) in [5, 5.41) is 12.2. The first-order valence-corrected chi connectivity index (χ1v) is 8.87. The lowest BCUT2D eigenvalue weighted by Gasteiger charge is -2.38. The molecule has 0 aromatic heterocycles. The van der Waals surface area contributed by atoms with Crippen LogP contribution in [-0.2, 0) is 5.41 Å². The first-order chi connectivity index (χ1) is 12.0. The van der Waals surface area contributed by atoms with Gasteiger partial charge in [-0.2, -0.15) is 0 Å². The van der Waals surface area contributed by atoms with E-state index >= 15 is 0 Å². The Labute approximate surface area is 152 Å². The fourth-order valence-electron chi connectivity index (χ4n) is 4.19. The second-order valence-electron chi connectivity index (χ2n) is 7.08. The molecule has 4 rings (SSSR count). The Morgan fingerprint density at radius 3 is 2.56 bits per heavy atom. The van der Waals surface area contributed by atoms with Gasteiger partial charge in [-0.1, -0.05) is 29.8 Å². The minimum Gasteiger partial charge on any atom is -0.335 e. The van der Waals surface area contributed by atoms with Crippen molar-refractivity contribution in [3.8, 4) is 0 Å². The van der Waals surface area contributed by atoms with E-state index in [1.54, 1.807) is 12.1 Å². The highest BCUT2D eigenvalue weighted by molar-refractivity contribution is 6.31. The Balaban J connectivity index is 1.84. The molecule has 0 aliphatic carbocycles. The zero-order valence-electron chi connectivity index (χ0n) is 14.1. The van der Waals surface area contributed by atoms with Crippen molar-refractivity contribution in [1.29, 1.82) is 0 Å². The monoisotopic (exact) mass is 357 g/mol. The van der Waals surface area contributed by atoms with Crippen LogP contribution in [0.4, 0.5) is 17.1 Å². The number of nitrogens with zero attached hydrogens (tertiary/aromatic N) is 3. The van der Waals surface area contributed by atoms with E-state index in [4.69, 9.17) is 11.6 Å². The summed E-state index contributed by atoms with van der Waals surface area (Å²) in [6, 6.07) is 13.0. The molecule has 0 saturated carbocycles. The number of benzene rings is 2. The van der Waals surface area contributed by atoms with Gasteiger partial charge < -0.3 is 9.80 Å². The van der Waals surface area contributed by atoms with Gasteiger partial charge >= 0.3 is 0 Å². The lowest BCUT2D eigenvalue weighted by Crippen LogP contribution is -2.43. The number of likely N-dealkylation sites (tertiary alicyclic amines) is 1. The Bertz CT molecular complexity index is 831. The van der Waals surface area contributed by atoms with Gasteiger partial charge in [0.05, 0.1) is 4.92 Å². The van der Waals surface area contributed by atoms with Crippen LogP contribution in [0, 0.1) is 10.1 Å². The summed E-state index contributed by atoms with van der Waals surface area (Å²) in [4.78, 5) is 15.6. The van der Waals surface area contributed by atoms with Crippen LogP contribution in [0.2, 0.25) is 5.02 Å². The number of hydrogen-bond donors (Lipinski definition) is 0. The van der Waals surface area contributed by atoms with E-state index in [1.807, 2.05) is 24.3 Å². The molecule has 0 N–H and O–H groups in total. The molecule has 0 radical (unpaired) electrons. The highest BCUT2D eigenvalue weighted by Gasteiger charge is 2.45. The van der Waals surface area contributed by atoms with Crippen molar-refractivity contribution in [3.63, 3.8) is 0 Å². The summed E-state index contributed by atoms with van der Waals surface area (Å²) in [5.41, 5.74) is 3.09. The third-order valence-corrected chi connectivity index (χ3v) is 5.83. The first kappa shape index (κ1) is 16.4. The van der Waals surface area contributed by atoms with Crippen molar-refractivity contribution in [2.24, 2.45) is 0 Å². The zero-order valence-corrected chi connectivity index (χ0v) is 14.9. The molecule has 2 aliphatic rings. The van der Waals surface area contributed by atoms with Crippen LogP contribution in [0.1, 0.15) is 18.4 Å². The number of halogens is 1. The molecule has 0 bridgehead atoms. The third-order valence-electron chi connectivity index (χ3n) is 5.60. The molecule has 1 saturated heterocycles. The van der Waals surface area contributed by atoms with Gasteiger partial charge in [0, 0.05) is 28.7 Å². The average Bonchev–Trinajstić information content (AvgIpc) is 2.91. The lowest BCUT2D eigenvalue weighted by molar-refractivity contribution is -0.384. The van der Waals surface area contributed by atoms with Gasteiger partial charge in [0.25, 0.3) is 5.69 Å². The van der Waals surface area contributed by atoms with Crippen molar-refractivity contribution >= 4 is 28.7 Å². The molecule has 130 valence electrons. The first-order valence-electron chi connectivity index (χ1n) is 8.50. The van der Waals surface area contributed by atoms with Gasteiger partial charge in [-0.25, -0.2) is 0 Å². The van der Waals surface area contributed by atoms with Gasteiger partial charge in [-0.05, 0) is 56.7 Å².